The number of carbonyl (C=O) groups is 1. The number of hydrogen-bond acceptors (Lipinski definition) is 2. The molecule has 0 aliphatic carbocycles. The SMILES string of the molecule is CC#CC(C(=O)O)[PH]1(O)CCCCC1. The number of aliphatic carboxylic acids is 1. The van der Waals surface area contributed by atoms with Gasteiger partial charge in [-0.1, -0.05) is 0 Å². The summed E-state index contributed by atoms with van der Waals surface area (Å²) in [5.74, 6) is 4.32. The Hall–Kier alpha value is -0.580. The average molecular weight is 216 g/mol. The average Bonchev–Trinajstić information content (AvgIpc) is 2.14. The molecule has 1 heterocycles. The molecular weight excluding hydrogens is 199 g/mol. The van der Waals surface area contributed by atoms with Crippen molar-refractivity contribution in [2.45, 2.75) is 31.8 Å². The van der Waals surface area contributed by atoms with Crippen molar-refractivity contribution in [3.8, 4) is 11.8 Å². The van der Waals surface area contributed by atoms with Crippen LogP contribution in [0, 0.1) is 11.8 Å². The van der Waals surface area contributed by atoms with E-state index in [-0.39, 0.29) is 0 Å². The third kappa shape index (κ3) is 2.47. The molecule has 0 saturated carbocycles. The summed E-state index contributed by atoms with van der Waals surface area (Å²) in [5.41, 5.74) is -0.784. The van der Waals surface area contributed by atoms with Gasteiger partial charge in [0.05, 0.1) is 0 Å². The fraction of sp³-hybridized carbons (Fsp3) is 0.700. The second-order valence-electron chi connectivity index (χ2n) is 3.83. The molecule has 4 heteroatoms. The van der Waals surface area contributed by atoms with Crippen LogP contribution in [-0.4, -0.2) is 34.0 Å². The Balaban J connectivity index is 2.82. The zero-order valence-corrected chi connectivity index (χ0v) is 9.42. The molecule has 0 bridgehead atoms. The normalized spacial score (nSPS) is 24.1. The van der Waals surface area contributed by atoms with Crippen LogP contribution < -0.4 is 0 Å². The quantitative estimate of drug-likeness (QED) is 0.540. The molecule has 0 spiro atoms. The molecule has 0 aromatic rings. The summed E-state index contributed by atoms with van der Waals surface area (Å²) in [5, 5.41) is 8.99. The van der Waals surface area contributed by atoms with Crippen molar-refractivity contribution in [2.24, 2.45) is 0 Å². The number of carboxylic acid groups (broad SMARTS) is 1. The van der Waals surface area contributed by atoms with E-state index < -0.39 is 19.1 Å². The Labute approximate surface area is 84.9 Å². The molecule has 3 nitrogen and oxygen atoms in total. The summed E-state index contributed by atoms with van der Waals surface area (Å²) in [6.45, 7) is 1.62. The van der Waals surface area contributed by atoms with Gasteiger partial charge in [0, 0.05) is 0 Å². The first-order valence-electron chi connectivity index (χ1n) is 4.97. The predicted molar refractivity (Wildman–Crippen MR) is 59.0 cm³/mol. The third-order valence-electron chi connectivity index (χ3n) is 2.79. The van der Waals surface area contributed by atoms with Gasteiger partial charge in [0.15, 0.2) is 0 Å². The van der Waals surface area contributed by atoms with Crippen LogP contribution in [0.1, 0.15) is 26.2 Å². The molecule has 1 rings (SSSR count). The van der Waals surface area contributed by atoms with Crippen LogP contribution in [0.4, 0.5) is 0 Å². The van der Waals surface area contributed by atoms with Gasteiger partial charge in [-0.25, -0.2) is 0 Å². The molecule has 0 amide bonds. The summed E-state index contributed by atoms with van der Waals surface area (Å²) in [6, 6.07) is 0. The number of hydrogen-bond donors (Lipinski definition) is 2. The first kappa shape index (κ1) is 11.5. The molecule has 14 heavy (non-hydrogen) atoms. The van der Waals surface area contributed by atoms with E-state index in [9.17, 15) is 9.69 Å². The van der Waals surface area contributed by atoms with Crippen molar-refractivity contribution in [3.05, 3.63) is 0 Å². The van der Waals surface area contributed by atoms with Gasteiger partial charge in [0.2, 0.25) is 0 Å². The van der Waals surface area contributed by atoms with E-state index in [1.165, 1.54) is 0 Å². The summed E-state index contributed by atoms with van der Waals surface area (Å²) in [6.07, 6.45) is 4.41. The molecule has 1 atom stereocenters. The molecule has 1 aliphatic rings. The molecule has 1 aliphatic heterocycles. The first-order valence-corrected chi connectivity index (χ1v) is 7.41. The van der Waals surface area contributed by atoms with Gasteiger partial charge in [-0.3, -0.25) is 0 Å². The fourth-order valence-electron chi connectivity index (χ4n) is 2.02. The van der Waals surface area contributed by atoms with E-state index in [4.69, 9.17) is 5.11 Å². The third-order valence-corrected chi connectivity index (χ3v) is 6.70. The predicted octanol–water partition coefficient (Wildman–Crippen LogP) is 1.30. The van der Waals surface area contributed by atoms with Crippen LogP contribution in [0.3, 0.4) is 0 Å². The van der Waals surface area contributed by atoms with E-state index in [0.29, 0.717) is 12.3 Å². The Morgan fingerprint density at radius 2 is 1.93 bits per heavy atom. The molecule has 1 fully saturated rings. The van der Waals surface area contributed by atoms with Gasteiger partial charge in [0.1, 0.15) is 0 Å². The van der Waals surface area contributed by atoms with Gasteiger partial charge < -0.3 is 0 Å². The molecule has 2 N–H and O–H groups in total. The Kier molecular flexibility index (Phi) is 3.92. The second-order valence-corrected chi connectivity index (χ2v) is 7.61. The van der Waals surface area contributed by atoms with Crippen molar-refractivity contribution in [1.82, 2.24) is 0 Å². The standard InChI is InChI=1S/C10H17O3P/c1-2-6-9(10(11)12)14(13)7-4-3-5-8-14/h9,13-14H,3-5,7-8H2,1H3,(H,11,12). The molecule has 0 radical (unpaired) electrons. The maximum absolute atomic E-state index is 11.0. The van der Waals surface area contributed by atoms with E-state index in [0.717, 1.165) is 19.3 Å². The maximum atomic E-state index is 11.0. The first-order chi connectivity index (χ1) is 6.60. The van der Waals surface area contributed by atoms with Gasteiger partial charge in [0.25, 0.3) is 0 Å². The molecule has 80 valence electrons. The van der Waals surface area contributed by atoms with Crippen LogP contribution in [0.15, 0.2) is 0 Å². The van der Waals surface area contributed by atoms with E-state index in [1.54, 1.807) is 6.92 Å². The topological polar surface area (TPSA) is 57.5 Å². The molecular formula is C10H17O3P. The molecule has 0 aromatic heterocycles. The van der Waals surface area contributed by atoms with Crippen LogP contribution in [0.2, 0.25) is 0 Å². The van der Waals surface area contributed by atoms with Crippen molar-refractivity contribution in [1.29, 1.82) is 0 Å². The van der Waals surface area contributed by atoms with Crippen LogP contribution in [0.25, 0.3) is 0 Å². The van der Waals surface area contributed by atoms with Gasteiger partial charge in [-0.2, -0.15) is 0 Å². The number of rotatable bonds is 2. The van der Waals surface area contributed by atoms with Crippen LogP contribution in [-0.2, 0) is 4.79 Å². The summed E-state index contributed by atoms with van der Waals surface area (Å²) in [7, 11) is -2.62. The Morgan fingerprint density at radius 1 is 1.36 bits per heavy atom. The summed E-state index contributed by atoms with van der Waals surface area (Å²) in [4.78, 5) is 21.3. The Bertz CT molecular complexity index is 271. The number of carboxylic acids is 1. The minimum absolute atomic E-state index is 0.693. The van der Waals surface area contributed by atoms with E-state index in [2.05, 4.69) is 11.8 Å². The summed E-state index contributed by atoms with van der Waals surface area (Å²) < 4.78 is 0. The monoisotopic (exact) mass is 216 g/mol. The van der Waals surface area contributed by atoms with Crippen molar-refractivity contribution in [2.75, 3.05) is 12.3 Å². The fourth-order valence-corrected chi connectivity index (χ4v) is 5.45. The van der Waals surface area contributed by atoms with Crippen molar-refractivity contribution in [3.63, 3.8) is 0 Å². The van der Waals surface area contributed by atoms with E-state index in [1.807, 2.05) is 0 Å². The van der Waals surface area contributed by atoms with E-state index >= 15 is 0 Å². The van der Waals surface area contributed by atoms with Gasteiger partial charge >= 0.3 is 84.3 Å². The summed E-state index contributed by atoms with van der Waals surface area (Å²) >= 11 is 0. The Morgan fingerprint density at radius 3 is 2.36 bits per heavy atom. The zero-order valence-electron chi connectivity index (χ0n) is 8.42. The second kappa shape index (κ2) is 4.77. The van der Waals surface area contributed by atoms with Crippen LogP contribution >= 0.6 is 7.49 Å². The van der Waals surface area contributed by atoms with Gasteiger partial charge in [-0.05, 0) is 0 Å². The van der Waals surface area contributed by atoms with Crippen LogP contribution in [0.5, 0.6) is 0 Å². The van der Waals surface area contributed by atoms with Crippen molar-refractivity contribution < 1.29 is 14.8 Å². The molecule has 0 aromatic carbocycles. The van der Waals surface area contributed by atoms with Gasteiger partial charge in [-0.15, -0.1) is 0 Å². The van der Waals surface area contributed by atoms with Crippen molar-refractivity contribution >= 4 is 13.5 Å². The molecule has 1 unspecified atom stereocenters. The zero-order chi connectivity index (χ0) is 10.6. The molecule has 1 saturated heterocycles. The minimum atomic E-state index is -2.62.